The van der Waals surface area contributed by atoms with Gasteiger partial charge in [0, 0.05) is 11.9 Å². The van der Waals surface area contributed by atoms with E-state index in [1.165, 1.54) is 11.3 Å². The van der Waals surface area contributed by atoms with Crippen molar-refractivity contribution in [2.45, 2.75) is 6.04 Å². The van der Waals surface area contributed by atoms with E-state index in [1.54, 1.807) is 11.0 Å². The van der Waals surface area contributed by atoms with Crippen LogP contribution in [0.3, 0.4) is 0 Å². The molecule has 3 nitrogen and oxygen atoms in total. The lowest BCUT2D eigenvalue weighted by Gasteiger charge is -2.34. The molecule has 7 heteroatoms. The number of nitrogens with zero attached hydrogens (tertiary/aromatic N) is 1. The molecule has 94 valence electrons. The third kappa shape index (κ3) is 2.96. The second-order valence-corrected chi connectivity index (χ2v) is 6.55. The number of carbonyl (C=O) groups is 1. The van der Waals surface area contributed by atoms with E-state index in [9.17, 15) is 4.79 Å². The van der Waals surface area contributed by atoms with Gasteiger partial charge in [-0.25, -0.2) is 0 Å². The second-order valence-electron chi connectivity index (χ2n) is 3.62. The van der Waals surface area contributed by atoms with Crippen molar-refractivity contribution in [3.05, 3.63) is 20.3 Å². The normalized spacial score (nSPS) is 20.6. The maximum atomic E-state index is 12.3. The van der Waals surface area contributed by atoms with Crippen LogP contribution in [0.5, 0.6) is 0 Å². The molecule has 2 rings (SSSR count). The fraction of sp³-hybridized carbons (Fsp3) is 0.500. The van der Waals surface area contributed by atoms with Crippen molar-refractivity contribution in [2.24, 2.45) is 0 Å². The minimum absolute atomic E-state index is 0.0472. The third-order valence-electron chi connectivity index (χ3n) is 2.55. The van der Waals surface area contributed by atoms with Gasteiger partial charge in [0.1, 0.15) is 4.34 Å². The van der Waals surface area contributed by atoms with E-state index >= 15 is 0 Å². The summed E-state index contributed by atoms with van der Waals surface area (Å²) in [7, 11) is 0. The molecule has 0 aromatic carbocycles. The molecule has 1 aromatic heterocycles. The molecule has 1 amide bonds. The highest BCUT2D eigenvalue weighted by Gasteiger charge is 2.29. The van der Waals surface area contributed by atoms with Crippen LogP contribution in [-0.2, 0) is 4.74 Å². The molecular formula is C10H10BrCl2NO2S. The zero-order valence-corrected chi connectivity index (χ0v) is 12.7. The molecule has 0 saturated carbocycles. The Bertz CT molecular complexity index is 426. The highest BCUT2D eigenvalue weighted by atomic mass is 79.9. The molecule has 1 saturated heterocycles. The minimum Gasteiger partial charge on any atom is -0.377 e. The van der Waals surface area contributed by atoms with Crippen LogP contribution in [0.15, 0.2) is 6.07 Å². The number of amides is 1. The summed E-state index contributed by atoms with van der Waals surface area (Å²) >= 11 is 16.4. The summed E-state index contributed by atoms with van der Waals surface area (Å²) in [5.41, 5.74) is 0.481. The van der Waals surface area contributed by atoms with E-state index in [1.807, 2.05) is 0 Å². The van der Waals surface area contributed by atoms with Crippen LogP contribution in [0.4, 0.5) is 0 Å². The number of ether oxygens (including phenoxy) is 1. The van der Waals surface area contributed by atoms with Crippen molar-refractivity contribution in [1.82, 2.24) is 4.90 Å². The average molecular weight is 359 g/mol. The van der Waals surface area contributed by atoms with Crippen molar-refractivity contribution in [3.63, 3.8) is 0 Å². The fourth-order valence-electron chi connectivity index (χ4n) is 1.69. The summed E-state index contributed by atoms with van der Waals surface area (Å²) in [5.74, 6) is -0.0779. The van der Waals surface area contributed by atoms with Gasteiger partial charge in [0.15, 0.2) is 0 Å². The molecule has 1 fully saturated rings. The molecule has 0 spiro atoms. The summed E-state index contributed by atoms with van der Waals surface area (Å²) in [6.07, 6.45) is 0. The zero-order chi connectivity index (χ0) is 12.4. The van der Waals surface area contributed by atoms with Crippen molar-refractivity contribution >= 4 is 56.4 Å². The number of rotatable bonds is 2. The third-order valence-corrected chi connectivity index (χ3v) is 4.79. The Labute approximate surface area is 122 Å². The first-order valence-corrected chi connectivity index (χ1v) is 7.72. The van der Waals surface area contributed by atoms with Gasteiger partial charge in [-0.15, -0.1) is 11.3 Å². The van der Waals surface area contributed by atoms with Crippen molar-refractivity contribution < 1.29 is 9.53 Å². The molecule has 0 radical (unpaired) electrons. The highest BCUT2D eigenvalue weighted by molar-refractivity contribution is 9.09. The lowest BCUT2D eigenvalue weighted by Crippen LogP contribution is -2.49. The van der Waals surface area contributed by atoms with Crippen LogP contribution in [0.1, 0.15) is 10.4 Å². The van der Waals surface area contributed by atoms with E-state index in [2.05, 4.69) is 15.9 Å². The van der Waals surface area contributed by atoms with Gasteiger partial charge in [0.25, 0.3) is 5.91 Å². The molecule has 2 heterocycles. The standard InChI is InChI=1S/C10H10BrCl2NO2S/c11-4-6-5-16-2-1-14(6)10(15)7-3-8(12)17-9(7)13/h3,6H,1-2,4-5H2. The number of halogens is 3. The van der Waals surface area contributed by atoms with Crippen LogP contribution in [-0.4, -0.2) is 41.9 Å². The van der Waals surface area contributed by atoms with Crippen molar-refractivity contribution in [2.75, 3.05) is 25.1 Å². The van der Waals surface area contributed by atoms with E-state index in [-0.39, 0.29) is 11.9 Å². The molecule has 0 N–H and O–H groups in total. The molecule has 17 heavy (non-hydrogen) atoms. The smallest absolute Gasteiger partial charge is 0.256 e. The molecule has 1 atom stereocenters. The average Bonchev–Trinajstić information content (AvgIpc) is 2.67. The monoisotopic (exact) mass is 357 g/mol. The van der Waals surface area contributed by atoms with Crippen molar-refractivity contribution in [1.29, 1.82) is 0 Å². The summed E-state index contributed by atoms with van der Waals surface area (Å²) in [6.45, 7) is 1.69. The number of alkyl halides is 1. The predicted molar refractivity (Wildman–Crippen MR) is 73.8 cm³/mol. The van der Waals surface area contributed by atoms with Gasteiger partial charge in [-0.2, -0.15) is 0 Å². The van der Waals surface area contributed by atoms with Crippen LogP contribution >= 0.6 is 50.5 Å². The topological polar surface area (TPSA) is 29.5 Å². The van der Waals surface area contributed by atoms with Gasteiger partial charge in [0.05, 0.1) is 29.2 Å². The van der Waals surface area contributed by atoms with Gasteiger partial charge in [0.2, 0.25) is 0 Å². The molecule has 1 unspecified atom stereocenters. The van der Waals surface area contributed by atoms with Gasteiger partial charge < -0.3 is 9.64 Å². The van der Waals surface area contributed by atoms with E-state index < -0.39 is 0 Å². The quantitative estimate of drug-likeness (QED) is 0.759. The molecule has 0 bridgehead atoms. The molecule has 1 aliphatic rings. The summed E-state index contributed by atoms with van der Waals surface area (Å²) in [5, 5.41) is 0.689. The maximum absolute atomic E-state index is 12.3. The Kier molecular flexibility index (Phi) is 4.72. The lowest BCUT2D eigenvalue weighted by molar-refractivity contribution is 0.00529. The second kappa shape index (κ2) is 5.89. The Morgan fingerprint density at radius 2 is 2.41 bits per heavy atom. The highest BCUT2D eigenvalue weighted by Crippen LogP contribution is 2.32. The number of hydrogen-bond donors (Lipinski definition) is 0. The lowest BCUT2D eigenvalue weighted by atomic mass is 10.2. The summed E-state index contributed by atoms with van der Waals surface area (Å²) in [4.78, 5) is 14.1. The number of hydrogen-bond acceptors (Lipinski definition) is 3. The van der Waals surface area contributed by atoms with Crippen LogP contribution in [0.25, 0.3) is 0 Å². The van der Waals surface area contributed by atoms with E-state index in [0.717, 1.165) is 0 Å². The SMILES string of the molecule is O=C(c1cc(Cl)sc1Cl)N1CCOCC1CBr. The van der Waals surface area contributed by atoms with Crippen LogP contribution < -0.4 is 0 Å². The van der Waals surface area contributed by atoms with Gasteiger partial charge >= 0.3 is 0 Å². The number of carbonyl (C=O) groups excluding carboxylic acids is 1. The van der Waals surface area contributed by atoms with Gasteiger partial charge in [-0.1, -0.05) is 39.1 Å². The summed E-state index contributed by atoms with van der Waals surface area (Å²) in [6, 6.07) is 1.67. The molecule has 0 aliphatic carbocycles. The Hall–Kier alpha value is 0.190. The van der Waals surface area contributed by atoms with E-state index in [4.69, 9.17) is 27.9 Å². The first-order chi connectivity index (χ1) is 8.13. The van der Waals surface area contributed by atoms with E-state index in [0.29, 0.717) is 39.3 Å². The number of morpholine rings is 1. The Morgan fingerprint density at radius 3 is 3.00 bits per heavy atom. The van der Waals surface area contributed by atoms with Crippen molar-refractivity contribution in [3.8, 4) is 0 Å². The minimum atomic E-state index is -0.0779. The zero-order valence-electron chi connectivity index (χ0n) is 8.79. The fourth-order valence-corrected chi connectivity index (χ4v) is 3.68. The van der Waals surface area contributed by atoms with Crippen LogP contribution in [0.2, 0.25) is 8.67 Å². The van der Waals surface area contributed by atoms with Gasteiger partial charge in [-0.3, -0.25) is 4.79 Å². The maximum Gasteiger partial charge on any atom is 0.256 e. The molecule has 1 aromatic rings. The van der Waals surface area contributed by atoms with Crippen LogP contribution in [0, 0.1) is 0 Å². The largest absolute Gasteiger partial charge is 0.377 e. The first kappa shape index (κ1) is 13.6. The predicted octanol–water partition coefficient (Wildman–Crippen LogP) is 3.29. The Morgan fingerprint density at radius 1 is 1.65 bits per heavy atom. The Balaban J connectivity index is 2.21. The first-order valence-electron chi connectivity index (χ1n) is 5.03. The molecule has 1 aliphatic heterocycles. The summed E-state index contributed by atoms with van der Waals surface area (Å²) < 4.78 is 6.32. The molecular weight excluding hydrogens is 349 g/mol. The van der Waals surface area contributed by atoms with Gasteiger partial charge in [-0.05, 0) is 6.07 Å². The number of thiophene rings is 1.